The summed E-state index contributed by atoms with van der Waals surface area (Å²) < 4.78 is 81.8. The van der Waals surface area contributed by atoms with E-state index in [-0.39, 0.29) is 6.54 Å². The van der Waals surface area contributed by atoms with Gasteiger partial charge >= 0.3 is 6.18 Å². The highest BCUT2D eigenvalue weighted by molar-refractivity contribution is 7.92. The fraction of sp³-hybridized carbons (Fsp3) is 0.478. The molecule has 0 bridgehead atoms. The molecule has 0 atom stereocenters. The number of likely N-dealkylation sites (tertiary alicyclic amines) is 1. The Hall–Kier alpha value is -2.13. The van der Waals surface area contributed by atoms with Crippen molar-refractivity contribution in [1.29, 1.82) is 0 Å². The number of benzene rings is 2. The van der Waals surface area contributed by atoms with Crippen LogP contribution in [0.15, 0.2) is 47.4 Å². The number of halogens is 4. The van der Waals surface area contributed by atoms with Crippen molar-refractivity contribution in [1.82, 2.24) is 4.90 Å². The lowest BCUT2D eigenvalue weighted by Gasteiger charge is -2.40. The number of rotatable bonds is 4. The molecule has 0 amide bonds. The molecule has 1 aliphatic carbocycles. The summed E-state index contributed by atoms with van der Waals surface area (Å²) in [5, 5.41) is 0. The molecule has 2 fully saturated rings. The maximum Gasteiger partial charge on any atom is 0.416 e. The van der Waals surface area contributed by atoms with Crippen LogP contribution >= 0.6 is 0 Å². The normalized spacial score (nSPS) is 21.2. The fourth-order valence-corrected chi connectivity index (χ4v) is 6.64. The number of piperidine rings is 1. The van der Waals surface area contributed by atoms with Crippen molar-refractivity contribution in [2.24, 2.45) is 5.92 Å². The van der Waals surface area contributed by atoms with Gasteiger partial charge in [-0.1, -0.05) is 6.07 Å². The average molecular weight is 469 g/mol. The van der Waals surface area contributed by atoms with Crippen LogP contribution in [-0.2, 0) is 21.6 Å². The third-order valence-corrected chi connectivity index (χ3v) is 8.78. The predicted octanol–water partition coefficient (Wildman–Crippen LogP) is 4.80. The summed E-state index contributed by atoms with van der Waals surface area (Å²) in [4.78, 5) is 1.97. The van der Waals surface area contributed by atoms with Crippen molar-refractivity contribution >= 4 is 15.7 Å². The first kappa shape index (κ1) is 21.7. The number of anilines is 1. The van der Waals surface area contributed by atoms with E-state index >= 15 is 0 Å². The molecule has 0 aromatic heterocycles. The minimum atomic E-state index is -4.65. The standard InChI is InChI=1S/C23H24F4N2O2S/c24-18-6-7-21-20(13-18)22(8-10-28(11-9-22)14-16-4-5-16)15-29(21)32(30,31)19-3-1-2-17(12-19)23(25,26)27/h1-3,6-7,12-13,16H,4-5,8-11,14-15H2. The Kier molecular flexibility index (Phi) is 5.05. The molecule has 5 rings (SSSR count). The Morgan fingerprint density at radius 2 is 1.75 bits per heavy atom. The number of nitrogens with zero attached hydrogens (tertiary/aromatic N) is 2. The zero-order valence-electron chi connectivity index (χ0n) is 17.4. The summed E-state index contributed by atoms with van der Waals surface area (Å²) in [5.74, 6) is 0.303. The molecule has 32 heavy (non-hydrogen) atoms. The lowest BCUT2D eigenvalue weighted by atomic mass is 9.74. The van der Waals surface area contributed by atoms with E-state index in [1.54, 1.807) is 0 Å². The Labute approximate surface area is 184 Å². The Balaban J connectivity index is 1.49. The molecule has 0 unspecified atom stereocenters. The molecule has 2 aromatic carbocycles. The first-order chi connectivity index (χ1) is 15.1. The van der Waals surface area contributed by atoms with Gasteiger partial charge in [-0.05, 0) is 86.7 Å². The molecule has 1 spiro atoms. The lowest BCUT2D eigenvalue weighted by Crippen LogP contribution is -2.46. The Morgan fingerprint density at radius 3 is 2.41 bits per heavy atom. The minimum Gasteiger partial charge on any atom is -0.303 e. The van der Waals surface area contributed by atoms with Gasteiger partial charge in [-0.2, -0.15) is 13.2 Å². The summed E-state index contributed by atoms with van der Waals surface area (Å²) in [7, 11) is -4.25. The highest BCUT2D eigenvalue weighted by Crippen LogP contribution is 2.49. The van der Waals surface area contributed by atoms with Gasteiger partial charge in [0.25, 0.3) is 10.0 Å². The Bertz CT molecular complexity index is 1140. The van der Waals surface area contributed by atoms with Gasteiger partial charge in [0.15, 0.2) is 0 Å². The van der Waals surface area contributed by atoms with Gasteiger partial charge in [-0.3, -0.25) is 4.31 Å². The molecule has 3 aliphatic rings. The first-order valence-electron chi connectivity index (χ1n) is 10.8. The third kappa shape index (κ3) is 3.79. The summed E-state index contributed by atoms with van der Waals surface area (Å²) in [6, 6.07) is 7.83. The van der Waals surface area contributed by atoms with Crippen LogP contribution in [-0.4, -0.2) is 39.5 Å². The van der Waals surface area contributed by atoms with E-state index in [1.807, 2.05) is 0 Å². The number of hydrogen-bond acceptors (Lipinski definition) is 3. The van der Waals surface area contributed by atoms with Gasteiger partial charge in [0.2, 0.25) is 0 Å². The smallest absolute Gasteiger partial charge is 0.303 e. The monoisotopic (exact) mass is 468 g/mol. The van der Waals surface area contributed by atoms with Crippen molar-refractivity contribution in [3.63, 3.8) is 0 Å². The van der Waals surface area contributed by atoms with Crippen LogP contribution in [0.3, 0.4) is 0 Å². The molecular formula is C23H24F4N2O2S. The summed E-state index contributed by atoms with van der Waals surface area (Å²) >= 11 is 0. The van der Waals surface area contributed by atoms with Gasteiger partial charge in [-0.15, -0.1) is 0 Å². The average Bonchev–Trinajstić information content (AvgIpc) is 3.51. The SMILES string of the molecule is O=S(=O)(c1cccc(C(F)(F)F)c1)N1CC2(CCN(CC3CC3)CC2)c2cc(F)ccc21. The molecule has 2 aromatic rings. The summed E-state index contributed by atoms with van der Waals surface area (Å²) in [5.41, 5.74) is -0.551. The number of fused-ring (bicyclic) bond motifs is 2. The summed E-state index contributed by atoms with van der Waals surface area (Å²) in [6.45, 7) is 2.74. The van der Waals surface area contributed by atoms with Crippen molar-refractivity contribution in [3.05, 3.63) is 59.4 Å². The molecule has 0 N–H and O–H groups in total. The second-order valence-corrected chi connectivity index (χ2v) is 11.1. The second-order valence-electron chi connectivity index (χ2n) is 9.22. The van der Waals surface area contributed by atoms with E-state index in [0.717, 1.165) is 37.7 Å². The van der Waals surface area contributed by atoms with Crippen molar-refractivity contribution in [2.45, 2.75) is 42.2 Å². The third-order valence-electron chi connectivity index (χ3n) is 7.02. The van der Waals surface area contributed by atoms with Crippen LogP contribution in [0.4, 0.5) is 23.2 Å². The number of hydrogen-bond donors (Lipinski definition) is 0. The Morgan fingerprint density at radius 1 is 1.03 bits per heavy atom. The first-order valence-corrected chi connectivity index (χ1v) is 12.2. The van der Waals surface area contributed by atoms with Crippen molar-refractivity contribution in [3.8, 4) is 0 Å². The van der Waals surface area contributed by atoms with Gasteiger partial charge < -0.3 is 4.90 Å². The van der Waals surface area contributed by atoms with E-state index < -0.39 is 37.9 Å². The maximum absolute atomic E-state index is 14.2. The van der Waals surface area contributed by atoms with E-state index in [4.69, 9.17) is 0 Å². The fourth-order valence-electron chi connectivity index (χ4n) is 5.03. The molecular weight excluding hydrogens is 444 g/mol. The van der Waals surface area contributed by atoms with Crippen molar-refractivity contribution in [2.75, 3.05) is 30.5 Å². The van der Waals surface area contributed by atoms with Gasteiger partial charge in [0, 0.05) is 18.5 Å². The molecule has 4 nitrogen and oxygen atoms in total. The van der Waals surface area contributed by atoms with Gasteiger partial charge in [-0.25, -0.2) is 12.8 Å². The summed E-state index contributed by atoms with van der Waals surface area (Å²) in [6.07, 6.45) is -0.778. The molecule has 1 saturated carbocycles. The van der Waals surface area contributed by atoms with Crippen LogP contribution in [0.25, 0.3) is 0 Å². The van der Waals surface area contributed by atoms with E-state index in [0.29, 0.717) is 30.2 Å². The number of alkyl halides is 3. The molecule has 2 heterocycles. The zero-order valence-corrected chi connectivity index (χ0v) is 18.2. The zero-order chi connectivity index (χ0) is 22.7. The van der Waals surface area contributed by atoms with E-state index in [1.165, 1.54) is 41.4 Å². The highest BCUT2D eigenvalue weighted by Gasteiger charge is 2.49. The maximum atomic E-state index is 14.2. The van der Waals surface area contributed by atoms with Crippen LogP contribution in [0.5, 0.6) is 0 Å². The topological polar surface area (TPSA) is 40.6 Å². The highest BCUT2D eigenvalue weighted by atomic mass is 32.2. The van der Waals surface area contributed by atoms with Gasteiger partial charge in [0.05, 0.1) is 16.1 Å². The molecule has 0 radical (unpaired) electrons. The van der Waals surface area contributed by atoms with Gasteiger partial charge in [0.1, 0.15) is 5.82 Å². The quantitative estimate of drug-likeness (QED) is 0.606. The number of sulfonamides is 1. The van der Waals surface area contributed by atoms with Crippen LogP contribution in [0, 0.1) is 11.7 Å². The van der Waals surface area contributed by atoms with Crippen LogP contribution in [0.1, 0.15) is 36.8 Å². The van der Waals surface area contributed by atoms with Crippen LogP contribution < -0.4 is 4.31 Å². The lowest BCUT2D eigenvalue weighted by molar-refractivity contribution is -0.137. The largest absolute Gasteiger partial charge is 0.416 e. The molecule has 172 valence electrons. The minimum absolute atomic E-state index is 0.113. The molecule has 9 heteroatoms. The predicted molar refractivity (Wildman–Crippen MR) is 112 cm³/mol. The second kappa shape index (κ2) is 7.45. The molecule has 1 saturated heterocycles. The van der Waals surface area contributed by atoms with Crippen LogP contribution in [0.2, 0.25) is 0 Å². The van der Waals surface area contributed by atoms with E-state index in [9.17, 15) is 26.0 Å². The molecule has 2 aliphatic heterocycles. The van der Waals surface area contributed by atoms with E-state index in [2.05, 4.69) is 4.90 Å². The van der Waals surface area contributed by atoms with Crippen molar-refractivity contribution < 1.29 is 26.0 Å².